The monoisotopic (exact) mass is 462 g/mol. The van der Waals surface area contributed by atoms with Gasteiger partial charge >= 0.3 is 0 Å². The van der Waals surface area contributed by atoms with E-state index < -0.39 is 0 Å². The van der Waals surface area contributed by atoms with Gasteiger partial charge in [-0.05, 0) is 43.2 Å². The second-order valence-electron chi connectivity index (χ2n) is 9.05. The van der Waals surface area contributed by atoms with Gasteiger partial charge in [-0.15, -0.1) is 0 Å². The van der Waals surface area contributed by atoms with Crippen LogP contribution in [-0.2, 0) is 13.2 Å². The van der Waals surface area contributed by atoms with Crippen LogP contribution in [0.4, 0.5) is 0 Å². The summed E-state index contributed by atoms with van der Waals surface area (Å²) in [6.45, 7) is 5.69. The molecule has 2 aromatic carbocycles. The standard InChI is InChI=1S/C30H42N2O2/c1-4-6-7-8-9-10-11-12-13-16-22-32-27-19-15-14-18-26(27)31-30(32)24-34-28-21-20-25(17-5-2)23-29(28)33-3/h5,14-15,17-21,23H,4,6-13,16,22,24H2,1-3H3/b17-5-. The fraction of sp³-hybridized carbons (Fsp3) is 0.500. The van der Waals surface area contributed by atoms with E-state index >= 15 is 0 Å². The molecular formula is C30H42N2O2. The molecule has 0 bridgehead atoms. The molecule has 3 rings (SSSR count). The summed E-state index contributed by atoms with van der Waals surface area (Å²) in [7, 11) is 1.68. The predicted octanol–water partition coefficient (Wildman–Crippen LogP) is 8.58. The summed E-state index contributed by atoms with van der Waals surface area (Å²) in [5.74, 6) is 2.46. The maximum absolute atomic E-state index is 6.18. The molecule has 34 heavy (non-hydrogen) atoms. The first kappa shape index (κ1) is 25.9. The van der Waals surface area contributed by atoms with Gasteiger partial charge in [0.05, 0.1) is 18.1 Å². The Morgan fingerprint density at radius 3 is 2.26 bits per heavy atom. The van der Waals surface area contributed by atoms with Crippen LogP contribution in [-0.4, -0.2) is 16.7 Å². The zero-order valence-corrected chi connectivity index (χ0v) is 21.4. The number of nitrogens with zero attached hydrogens (tertiary/aromatic N) is 2. The number of para-hydroxylation sites is 2. The third-order valence-electron chi connectivity index (χ3n) is 6.37. The van der Waals surface area contributed by atoms with E-state index in [0.717, 1.165) is 34.9 Å². The molecular weight excluding hydrogens is 420 g/mol. The minimum Gasteiger partial charge on any atom is -0.493 e. The number of fused-ring (bicyclic) bond motifs is 1. The quantitative estimate of drug-likeness (QED) is 0.200. The molecule has 4 nitrogen and oxygen atoms in total. The van der Waals surface area contributed by atoms with Crippen molar-refractivity contribution in [1.82, 2.24) is 9.55 Å². The summed E-state index contributed by atoms with van der Waals surface area (Å²) < 4.78 is 14.1. The number of hydrogen-bond donors (Lipinski definition) is 0. The van der Waals surface area contributed by atoms with E-state index in [1.807, 2.05) is 37.3 Å². The van der Waals surface area contributed by atoms with Crippen LogP contribution >= 0.6 is 0 Å². The number of aryl methyl sites for hydroxylation is 1. The molecule has 0 aliphatic heterocycles. The molecule has 0 amide bonds. The maximum Gasteiger partial charge on any atom is 0.161 e. The average molecular weight is 463 g/mol. The normalized spacial score (nSPS) is 11.5. The van der Waals surface area contributed by atoms with Crippen LogP contribution in [0.15, 0.2) is 48.5 Å². The van der Waals surface area contributed by atoms with Gasteiger partial charge in [0.15, 0.2) is 11.5 Å². The summed E-state index contributed by atoms with van der Waals surface area (Å²) in [5.41, 5.74) is 3.32. The van der Waals surface area contributed by atoms with Gasteiger partial charge in [0.1, 0.15) is 12.4 Å². The molecule has 1 heterocycles. The van der Waals surface area contributed by atoms with Crippen LogP contribution in [0.2, 0.25) is 0 Å². The number of ether oxygens (including phenoxy) is 2. The van der Waals surface area contributed by atoms with Gasteiger partial charge in [-0.3, -0.25) is 0 Å². The highest BCUT2D eigenvalue weighted by atomic mass is 16.5. The van der Waals surface area contributed by atoms with Gasteiger partial charge in [0.25, 0.3) is 0 Å². The minimum atomic E-state index is 0.422. The highest BCUT2D eigenvalue weighted by Crippen LogP contribution is 2.30. The number of unbranched alkanes of at least 4 members (excludes halogenated alkanes) is 9. The molecule has 0 radical (unpaired) electrons. The van der Waals surface area contributed by atoms with Crippen molar-refractivity contribution in [3.63, 3.8) is 0 Å². The lowest BCUT2D eigenvalue weighted by molar-refractivity contribution is 0.271. The van der Waals surface area contributed by atoms with Crippen LogP contribution in [0.5, 0.6) is 11.5 Å². The third kappa shape index (κ3) is 7.65. The largest absolute Gasteiger partial charge is 0.493 e. The zero-order chi connectivity index (χ0) is 24.0. The molecule has 4 heteroatoms. The molecule has 0 atom stereocenters. The number of imidazole rings is 1. The van der Waals surface area contributed by atoms with Crippen LogP contribution in [0.1, 0.15) is 89.4 Å². The van der Waals surface area contributed by atoms with Gasteiger partial charge in [-0.25, -0.2) is 4.98 Å². The molecule has 3 aromatic rings. The lowest BCUT2D eigenvalue weighted by Crippen LogP contribution is -2.08. The van der Waals surface area contributed by atoms with E-state index in [2.05, 4.69) is 35.8 Å². The fourth-order valence-electron chi connectivity index (χ4n) is 4.48. The third-order valence-corrected chi connectivity index (χ3v) is 6.37. The summed E-state index contributed by atoms with van der Waals surface area (Å²) in [4.78, 5) is 4.88. The average Bonchev–Trinajstić information content (AvgIpc) is 3.21. The van der Waals surface area contributed by atoms with Gasteiger partial charge in [-0.1, -0.05) is 95.1 Å². The Hall–Kier alpha value is -2.75. The molecule has 0 aliphatic carbocycles. The van der Waals surface area contributed by atoms with Crippen molar-refractivity contribution in [1.29, 1.82) is 0 Å². The number of allylic oxidation sites excluding steroid dienone is 1. The molecule has 0 aliphatic rings. The van der Waals surface area contributed by atoms with Crippen molar-refractivity contribution in [3.8, 4) is 11.5 Å². The van der Waals surface area contributed by atoms with Crippen LogP contribution in [0.25, 0.3) is 17.1 Å². The van der Waals surface area contributed by atoms with Crippen molar-refractivity contribution in [2.75, 3.05) is 7.11 Å². The Labute approximate surface area is 206 Å². The number of rotatable bonds is 16. The molecule has 0 fully saturated rings. The van der Waals surface area contributed by atoms with Crippen LogP contribution < -0.4 is 9.47 Å². The van der Waals surface area contributed by atoms with Crippen molar-refractivity contribution >= 4 is 17.1 Å². The first-order valence-corrected chi connectivity index (χ1v) is 13.1. The Bertz CT molecular complexity index is 1020. The Morgan fingerprint density at radius 2 is 1.56 bits per heavy atom. The molecule has 0 saturated heterocycles. The lowest BCUT2D eigenvalue weighted by Gasteiger charge is -2.13. The van der Waals surface area contributed by atoms with Gasteiger partial charge < -0.3 is 14.0 Å². The Kier molecular flexibility index (Phi) is 11.0. The van der Waals surface area contributed by atoms with Gasteiger partial charge in [0.2, 0.25) is 0 Å². The van der Waals surface area contributed by atoms with Crippen LogP contribution in [0, 0.1) is 0 Å². The van der Waals surface area contributed by atoms with Crippen molar-refractivity contribution in [3.05, 3.63) is 59.9 Å². The number of methoxy groups -OCH3 is 1. The number of aromatic nitrogens is 2. The summed E-state index contributed by atoms with van der Waals surface area (Å²) in [6, 6.07) is 14.4. The Balaban J connectivity index is 1.56. The topological polar surface area (TPSA) is 36.3 Å². The molecule has 0 saturated carbocycles. The Morgan fingerprint density at radius 1 is 0.853 bits per heavy atom. The van der Waals surface area contributed by atoms with Crippen molar-refractivity contribution < 1.29 is 9.47 Å². The SMILES string of the molecule is C/C=C\c1ccc(OCc2nc3ccccc3n2CCCCCCCCCCCC)c(OC)c1. The van der Waals surface area contributed by atoms with E-state index in [9.17, 15) is 0 Å². The zero-order valence-electron chi connectivity index (χ0n) is 21.4. The highest BCUT2D eigenvalue weighted by molar-refractivity contribution is 5.75. The van der Waals surface area contributed by atoms with E-state index in [4.69, 9.17) is 14.5 Å². The van der Waals surface area contributed by atoms with E-state index in [0.29, 0.717) is 6.61 Å². The predicted molar refractivity (Wildman–Crippen MR) is 144 cm³/mol. The lowest BCUT2D eigenvalue weighted by atomic mass is 10.1. The van der Waals surface area contributed by atoms with E-state index in [1.54, 1.807) is 7.11 Å². The van der Waals surface area contributed by atoms with E-state index in [-0.39, 0.29) is 0 Å². The van der Waals surface area contributed by atoms with Crippen molar-refractivity contribution in [2.45, 2.75) is 91.2 Å². The van der Waals surface area contributed by atoms with Crippen LogP contribution in [0.3, 0.4) is 0 Å². The fourth-order valence-corrected chi connectivity index (χ4v) is 4.48. The molecule has 0 unspecified atom stereocenters. The first-order chi connectivity index (χ1) is 16.8. The van der Waals surface area contributed by atoms with Gasteiger partial charge in [0, 0.05) is 6.54 Å². The molecule has 1 aromatic heterocycles. The second-order valence-corrected chi connectivity index (χ2v) is 9.05. The first-order valence-electron chi connectivity index (χ1n) is 13.1. The molecule has 0 spiro atoms. The van der Waals surface area contributed by atoms with Crippen molar-refractivity contribution in [2.24, 2.45) is 0 Å². The maximum atomic E-state index is 6.18. The second kappa shape index (κ2) is 14.5. The smallest absolute Gasteiger partial charge is 0.161 e. The molecule has 0 N–H and O–H groups in total. The molecule has 184 valence electrons. The number of hydrogen-bond acceptors (Lipinski definition) is 3. The minimum absolute atomic E-state index is 0.422. The van der Waals surface area contributed by atoms with Gasteiger partial charge in [-0.2, -0.15) is 0 Å². The summed E-state index contributed by atoms with van der Waals surface area (Å²) >= 11 is 0. The summed E-state index contributed by atoms with van der Waals surface area (Å²) in [5, 5.41) is 0. The summed E-state index contributed by atoms with van der Waals surface area (Å²) in [6.07, 6.45) is 17.5. The van der Waals surface area contributed by atoms with E-state index in [1.165, 1.54) is 69.7 Å². The highest BCUT2D eigenvalue weighted by Gasteiger charge is 2.12. The number of benzene rings is 2.